The van der Waals surface area contributed by atoms with Gasteiger partial charge in [-0.2, -0.15) is 5.26 Å². The van der Waals surface area contributed by atoms with Gasteiger partial charge in [0.25, 0.3) is 0 Å². The normalized spacial score (nSPS) is 11.4. The van der Waals surface area contributed by atoms with Crippen molar-refractivity contribution >= 4 is 16.7 Å². The zero-order valence-electron chi connectivity index (χ0n) is 11.2. The van der Waals surface area contributed by atoms with Crippen molar-refractivity contribution in [1.29, 1.82) is 5.26 Å². The number of allylic oxidation sites excluding steroid dienone is 1. The van der Waals surface area contributed by atoms with Crippen LogP contribution in [0.3, 0.4) is 0 Å². The van der Waals surface area contributed by atoms with Gasteiger partial charge in [0.15, 0.2) is 0 Å². The number of Topliss-reactive ketones (excluding diaryl/α,β-unsaturated/α-hetero) is 1. The maximum Gasteiger partial charge on any atom is 0.221 e. The van der Waals surface area contributed by atoms with Crippen molar-refractivity contribution in [2.45, 2.75) is 0 Å². The second-order valence-electron chi connectivity index (χ2n) is 4.59. The highest BCUT2D eigenvalue weighted by atomic mass is 16.1. The molecule has 1 aromatic carbocycles. The smallest absolute Gasteiger partial charge is 0.221 e. The van der Waals surface area contributed by atoms with E-state index in [2.05, 4.69) is 0 Å². The molecule has 0 bridgehead atoms. The van der Waals surface area contributed by atoms with Gasteiger partial charge in [0, 0.05) is 38.2 Å². The zero-order chi connectivity index (χ0) is 14.0. The molecule has 0 saturated carbocycles. The Morgan fingerprint density at radius 2 is 2.05 bits per heavy atom. The first-order valence-electron chi connectivity index (χ1n) is 5.92. The van der Waals surface area contributed by atoms with Gasteiger partial charge < -0.3 is 9.47 Å². The lowest BCUT2D eigenvalue weighted by Gasteiger charge is -2.06. The Hall–Kier alpha value is -2.54. The highest BCUT2D eigenvalue weighted by molar-refractivity contribution is 6.12. The van der Waals surface area contributed by atoms with Crippen molar-refractivity contribution in [3.8, 4) is 6.07 Å². The predicted octanol–water partition coefficient (Wildman–Crippen LogP) is 2.33. The van der Waals surface area contributed by atoms with Crippen molar-refractivity contribution in [3.63, 3.8) is 0 Å². The summed E-state index contributed by atoms with van der Waals surface area (Å²) in [6.45, 7) is 0. The molecular formula is C15H15N3O. The quantitative estimate of drug-likeness (QED) is 0.479. The maximum absolute atomic E-state index is 12.4. The van der Waals surface area contributed by atoms with Crippen LogP contribution in [-0.4, -0.2) is 29.3 Å². The molecule has 0 aliphatic heterocycles. The average molecular weight is 253 g/mol. The van der Waals surface area contributed by atoms with Crippen LogP contribution in [0.1, 0.15) is 10.5 Å². The molecule has 2 aromatic rings. The Morgan fingerprint density at radius 3 is 2.63 bits per heavy atom. The third kappa shape index (κ3) is 2.36. The molecule has 0 aliphatic rings. The number of nitrogens with zero attached hydrogens (tertiary/aromatic N) is 3. The number of aromatic nitrogens is 1. The fraction of sp³-hybridized carbons (Fsp3) is 0.200. The second-order valence-corrected chi connectivity index (χ2v) is 4.59. The first-order valence-corrected chi connectivity index (χ1v) is 5.92. The van der Waals surface area contributed by atoms with Crippen LogP contribution >= 0.6 is 0 Å². The van der Waals surface area contributed by atoms with Gasteiger partial charge in [0.05, 0.1) is 5.69 Å². The van der Waals surface area contributed by atoms with Crippen LogP contribution in [0.15, 0.2) is 42.1 Å². The molecule has 0 spiro atoms. The van der Waals surface area contributed by atoms with Gasteiger partial charge in [-0.3, -0.25) is 4.79 Å². The molecule has 0 saturated heterocycles. The molecular weight excluding hydrogens is 238 g/mol. The Balaban J connectivity index is 2.53. The number of para-hydroxylation sites is 1. The minimum atomic E-state index is -0.255. The fourth-order valence-corrected chi connectivity index (χ4v) is 2.04. The molecule has 4 nitrogen and oxygen atoms in total. The molecule has 0 fully saturated rings. The number of aryl methyl sites for hydroxylation is 1. The van der Waals surface area contributed by atoms with Crippen LogP contribution in [0.25, 0.3) is 10.9 Å². The zero-order valence-corrected chi connectivity index (χ0v) is 11.2. The standard InChI is InChI=1S/C15H15N3O/c1-17(2)10-12(9-16)15(19)14-8-11-6-4-5-7-13(11)18(14)3/h4-8,10H,1-3H3/b12-10+. The molecule has 4 heteroatoms. The van der Waals surface area contributed by atoms with E-state index >= 15 is 0 Å². The summed E-state index contributed by atoms with van der Waals surface area (Å²) in [4.78, 5) is 14.1. The van der Waals surface area contributed by atoms with E-state index in [1.54, 1.807) is 25.2 Å². The van der Waals surface area contributed by atoms with Crippen LogP contribution < -0.4 is 0 Å². The van der Waals surface area contributed by atoms with Crippen LogP contribution in [0, 0.1) is 11.3 Å². The van der Waals surface area contributed by atoms with Gasteiger partial charge in [-0.1, -0.05) is 18.2 Å². The molecule has 0 unspecified atom stereocenters. The number of benzene rings is 1. The van der Waals surface area contributed by atoms with Crippen molar-refractivity contribution in [3.05, 3.63) is 47.8 Å². The van der Waals surface area contributed by atoms with Crippen molar-refractivity contribution in [2.75, 3.05) is 14.1 Å². The number of fused-ring (bicyclic) bond motifs is 1. The fourth-order valence-electron chi connectivity index (χ4n) is 2.04. The summed E-state index contributed by atoms with van der Waals surface area (Å²) in [7, 11) is 5.40. The van der Waals surface area contributed by atoms with E-state index in [-0.39, 0.29) is 11.4 Å². The van der Waals surface area contributed by atoms with E-state index in [9.17, 15) is 4.79 Å². The van der Waals surface area contributed by atoms with Gasteiger partial charge in [0.2, 0.25) is 5.78 Å². The van der Waals surface area contributed by atoms with Gasteiger partial charge in [0.1, 0.15) is 11.6 Å². The van der Waals surface area contributed by atoms with Crippen molar-refractivity contribution in [1.82, 2.24) is 9.47 Å². The summed E-state index contributed by atoms with van der Waals surface area (Å²) < 4.78 is 1.82. The molecule has 96 valence electrons. The lowest BCUT2D eigenvalue weighted by molar-refractivity contribution is 0.103. The Bertz CT molecular complexity index is 702. The second kappa shape index (κ2) is 4.99. The minimum Gasteiger partial charge on any atom is -0.382 e. The topological polar surface area (TPSA) is 49.0 Å². The predicted molar refractivity (Wildman–Crippen MR) is 74.6 cm³/mol. The van der Waals surface area contributed by atoms with Crippen LogP contribution in [0.5, 0.6) is 0 Å². The highest BCUT2D eigenvalue weighted by Crippen LogP contribution is 2.20. The summed E-state index contributed by atoms with van der Waals surface area (Å²) in [6.07, 6.45) is 1.54. The third-order valence-corrected chi connectivity index (χ3v) is 2.94. The first kappa shape index (κ1) is 12.9. The maximum atomic E-state index is 12.4. The summed E-state index contributed by atoms with van der Waals surface area (Å²) in [5.74, 6) is -0.255. The summed E-state index contributed by atoms with van der Waals surface area (Å²) in [5, 5.41) is 10.1. The average Bonchev–Trinajstić information content (AvgIpc) is 2.73. The molecule has 0 aliphatic carbocycles. The van der Waals surface area contributed by atoms with Crippen LogP contribution in [0.4, 0.5) is 0 Å². The molecule has 19 heavy (non-hydrogen) atoms. The van der Waals surface area contributed by atoms with E-state index in [1.807, 2.05) is 48.0 Å². The lowest BCUT2D eigenvalue weighted by atomic mass is 10.1. The number of ketones is 1. The lowest BCUT2D eigenvalue weighted by Crippen LogP contribution is -2.11. The van der Waals surface area contributed by atoms with E-state index < -0.39 is 0 Å². The molecule has 2 rings (SSSR count). The summed E-state index contributed by atoms with van der Waals surface area (Å²) >= 11 is 0. The largest absolute Gasteiger partial charge is 0.382 e. The van der Waals surface area contributed by atoms with Gasteiger partial charge >= 0.3 is 0 Å². The van der Waals surface area contributed by atoms with Gasteiger partial charge in [-0.15, -0.1) is 0 Å². The summed E-state index contributed by atoms with van der Waals surface area (Å²) in [5.41, 5.74) is 1.64. The van der Waals surface area contributed by atoms with E-state index in [4.69, 9.17) is 5.26 Å². The van der Waals surface area contributed by atoms with Crippen LogP contribution in [-0.2, 0) is 7.05 Å². The number of rotatable bonds is 3. The molecule has 0 amide bonds. The third-order valence-electron chi connectivity index (χ3n) is 2.94. The van der Waals surface area contributed by atoms with Crippen molar-refractivity contribution in [2.24, 2.45) is 7.05 Å². The number of nitriles is 1. The number of hydrogen-bond donors (Lipinski definition) is 0. The Morgan fingerprint density at radius 1 is 1.37 bits per heavy atom. The van der Waals surface area contributed by atoms with E-state index in [0.717, 1.165) is 10.9 Å². The van der Waals surface area contributed by atoms with Gasteiger partial charge in [-0.05, 0) is 12.1 Å². The van der Waals surface area contributed by atoms with Crippen molar-refractivity contribution < 1.29 is 4.79 Å². The number of carbonyl (C=O) groups is 1. The van der Waals surface area contributed by atoms with Gasteiger partial charge in [-0.25, -0.2) is 0 Å². The number of hydrogen-bond acceptors (Lipinski definition) is 3. The SMILES string of the molecule is CN(C)/C=C(\C#N)C(=O)c1cc2ccccc2n1C. The highest BCUT2D eigenvalue weighted by Gasteiger charge is 2.17. The molecule has 1 heterocycles. The van der Waals surface area contributed by atoms with Crippen LogP contribution in [0.2, 0.25) is 0 Å². The minimum absolute atomic E-state index is 0.135. The molecule has 0 N–H and O–H groups in total. The Kier molecular flexibility index (Phi) is 3.39. The molecule has 1 aromatic heterocycles. The van der Waals surface area contributed by atoms with E-state index in [1.165, 1.54) is 0 Å². The Labute approximate surface area is 112 Å². The molecule has 0 atom stereocenters. The van der Waals surface area contributed by atoms with E-state index in [0.29, 0.717) is 5.69 Å². The number of carbonyl (C=O) groups excluding carboxylic acids is 1. The summed E-state index contributed by atoms with van der Waals surface area (Å²) in [6, 6.07) is 11.5. The molecule has 0 radical (unpaired) electrons. The first-order chi connectivity index (χ1) is 9.04. The monoisotopic (exact) mass is 253 g/mol.